The van der Waals surface area contributed by atoms with Gasteiger partial charge in [-0.15, -0.1) is 0 Å². The summed E-state index contributed by atoms with van der Waals surface area (Å²) in [6, 6.07) is 5.28. The van der Waals surface area contributed by atoms with E-state index in [9.17, 15) is 4.79 Å². The van der Waals surface area contributed by atoms with Gasteiger partial charge in [-0.1, -0.05) is 29.3 Å². The summed E-state index contributed by atoms with van der Waals surface area (Å²) in [5.41, 5.74) is 0.390. The molecule has 104 valence electrons. The first-order valence-electron chi connectivity index (χ1n) is 6.51. The lowest BCUT2D eigenvalue weighted by Gasteiger charge is -2.25. The van der Waals surface area contributed by atoms with Crippen LogP contribution in [0.25, 0.3) is 0 Å². The lowest BCUT2D eigenvalue weighted by atomic mass is 10.1. The summed E-state index contributed by atoms with van der Waals surface area (Å²) in [6.45, 7) is 0.891. The monoisotopic (exact) mass is 301 g/mol. The van der Waals surface area contributed by atoms with Crippen molar-refractivity contribution in [1.82, 2.24) is 4.90 Å². The van der Waals surface area contributed by atoms with Gasteiger partial charge in [0, 0.05) is 19.2 Å². The van der Waals surface area contributed by atoms with Crippen LogP contribution in [0.2, 0.25) is 10.0 Å². The zero-order chi connectivity index (χ0) is 13.8. The smallest absolute Gasteiger partial charge is 0.257 e. The topological polar surface area (TPSA) is 40.5 Å². The van der Waals surface area contributed by atoms with Crippen LogP contribution in [-0.2, 0) is 0 Å². The molecule has 1 aliphatic heterocycles. The Bertz CT molecular complexity index is 445. The molecule has 1 aromatic carbocycles. The first-order chi connectivity index (χ1) is 9.15. The summed E-state index contributed by atoms with van der Waals surface area (Å²) in [4.78, 5) is 14.4. The Morgan fingerprint density at radius 1 is 1.37 bits per heavy atom. The molecule has 1 saturated heterocycles. The third kappa shape index (κ3) is 3.22. The largest absolute Gasteiger partial charge is 0.396 e. The number of likely N-dealkylation sites (tertiary alicyclic amines) is 1. The second-order valence-electron chi connectivity index (χ2n) is 4.76. The molecule has 0 spiro atoms. The SMILES string of the molecule is O=C(c1c(Cl)cccc1Cl)N1CCCC1CCCO. The van der Waals surface area contributed by atoms with E-state index in [4.69, 9.17) is 28.3 Å². The minimum absolute atomic E-state index is 0.101. The van der Waals surface area contributed by atoms with E-state index in [0.29, 0.717) is 22.0 Å². The van der Waals surface area contributed by atoms with E-state index in [-0.39, 0.29) is 18.6 Å². The number of carbonyl (C=O) groups excluding carboxylic acids is 1. The number of hydrogen-bond donors (Lipinski definition) is 1. The van der Waals surface area contributed by atoms with Crippen LogP contribution in [0.4, 0.5) is 0 Å². The maximum absolute atomic E-state index is 12.6. The van der Waals surface area contributed by atoms with Crippen LogP contribution in [-0.4, -0.2) is 35.1 Å². The molecule has 3 nitrogen and oxygen atoms in total. The molecule has 1 heterocycles. The maximum Gasteiger partial charge on any atom is 0.257 e. The van der Waals surface area contributed by atoms with Crippen molar-refractivity contribution in [1.29, 1.82) is 0 Å². The molecule has 19 heavy (non-hydrogen) atoms. The molecule has 2 rings (SSSR count). The van der Waals surface area contributed by atoms with E-state index in [1.807, 2.05) is 4.90 Å². The summed E-state index contributed by atoms with van der Waals surface area (Å²) in [6.07, 6.45) is 3.51. The van der Waals surface area contributed by atoms with E-state index in [1.165, 1.54) is 0 Å². The molecule has 0 saturated carbocycles. The van der Waals surface area contributed by atoms with Gasteiger partial charge in [0.15, 0.2) is 0 Å². The average molecular weight is 302 g/mol. The number of nitrogens with zero attached hydrogens (tertiary/aromatic N) is 1. The van der Waals surface area contributed by atoms with Crippen LogP contribution in [0.1, 0.15) is 36.0 Å². The Kier molecular flexibility index (Phi) is 5.08. The molecule has 1 N–H and O–H groups in total. The van der Waals surface area contributed by atoms with Gasteiger partial charge in [0.2, 0.25) is 0 Å². The molecule has 5 heteroatoms. The second-order valence-corrected chi connectivity index (χ2v) is 5.57. The summed E-state index contributed by atoms with van der Waals surface area (Å²) in [5, 5.41) is 9.70. The van der Waals surface area contributed by atoms with E-state index in [1.54, 1.807) is 18.2 Å². The molecule has 0 bridgehead atoms. The highest BCUT2D eigenvalue weighted by Gasteiger charge is 2.30. The summed E-state index contributed by atoms with van der Waals surface area (Å²) >= 11 is 12.2. The molecule has 1 aliphatic rings. The van der Waals surface area contributed by atoms with Gasteiger partial charge in [-0.3, -0.25) is 4.79 Å². The Morgan fingerprint density at radius 3 is 2.68 bits per heavy atom. The van der Waals surface area contributed by atoms with Crippen molar-refractivity contribution < 1.29 is 9.90 Å². The molecule has 1 atom stereocenters. The summed E-state index contributed by atoms with van der Waals surface area (Å²) in [7, 11) is 0. The number of carbonyl (C=O) groups is 1. The van der Waals surface area contributed by atoms with Crippen LogP contribution in [0, 0.1) is 0 Å². The van der Waals surface area contributed by atoms with Gasteiger partial charge in [-0.05, 0) is 37.8 Å². The van der Waals surface area contributed by atoms with Crippen molar-refractivity contribution in [2.24, 2.45) is 0 Å². The molecule has 0 radical (unpaired) electrons. The highest BCUT2D eigenvalue weighted by atomic mass is 35.5. The van der Waals surface area contributed by atoms with Crippen molar-refractivity contribution in [3.05, 3.63) is 33.8 Å². The zero-order valence-electron chi connectivity index (χ0n) is 10.6. The quantitative estimate of drug-likeness (QED) is 0.926. The minimum Gasteiger partial charge on any atom is -0.396 e. The van der Waals surface area contributed by atoms with Crippen LogP contribution in [0.15, 0.2) is 18.2 Å². The summed E-state index contributed by atoms with van der Waals surface area (Å²) in [5.74, 6) is -0.101. The number of benzene rings is 1. The lowest BCUT2D eigenvalue weighted by Crippen LogP contribution is -2.36. The van der Waals surface area contributed by atoms with Crippen molar-refractivity contribution >= 4 is 29.1 Å². The number of aliphatic hydroxyl groups excluding tert-OH is 1. The molecular formula is C14H17Cl2NO2. The predicted molar refractivity (Wildman–Crippen MR) is 76.8 cm³/mol. The third-order valence-corrected chi connectivity index (χ3v) is 4.14. The molecule has 0 aromatic heterocycles. The first kappa shape index (κ1) is 14.6. The molecule has 1 fully saturated rings. The van der Waals surface area contributed by atoms with E-state index in [2.05, 4.69) is 0 Å². The van der Waals surface area contributed by atoms with Crippen molar-refractivity contribution in [2.45, 2.75) is 31.7 Å². The maximum atomic E-state index is 12.6. The van der Waals surface area contributed by atoms with Gasteiger partial charge < -0.3 is 10.0 Å². The Morgan fingerprint density at radius 2 is 2.05 bits per heavy atom. The zero-order valence-corrected chi connectivity index (χ0v) is 12.1. The number of halogens is 2. The number of amides is 1. The lowest BCUT2D eigenvalue weighted by molar-refractivity contribution is 0.0725. The van der Waals surface area contributed by atoms with Gasteiger partial charge in [0.25, 0.3) is 5.91 Å². The normalized spacial score (nSPS) is 18.9. The van der Waals surface area contributed by atoms with Crippen LogP contribution >= 0.6 is 23.2 Å². The average Bonchev–Trinajstić information content (AvgIpc) is 2.84. The van der Waals surface area contributed by atoms with Gasteiger partial charge in [-0.25, -0.2) is 0 Å². The van der Waals surface area contributed by atoms with E-state index in [0.717, 1.165) is 25.8 Å². The molecule has 1 unspecified atom stereocenters. The third-order valence-electron chi connectivity index (χ3n) is 3.51. The van der Waals surface area contributed by atoms with Crippen molar-refractivity contribution in [2.75, 3.05) is 13.2 Å². The standard InChI is InChI=1S/C14H17Cl2NO2/c15-11-6-1-7-12(16)13(11)14(19)17-8-2-4-10(17)5-3-9-18/h1,6-7,10,18H,2-5,8-9H2. The highest BCUT2D eigenvalue weighted by Crippen LogP contribution is 2.30. The number of rotatable bonds is 4. The fraction of sp³-hybridized carbons (Fsp3) is 0.500. The summed E-state index contributed by atoms with van der Waals surface area (Å²) < 4.78 is 0. The Hall–Kier alpha value is -0.770. The molecular weight excluding hydrogens is 285 g/mol. The Balaban J connectivity index is 2.18. The number of aliphatic hydroxyl groups is 1. The van der Waals surface area contributed by atoms with Crippen molar-refractivity contribution in [3.8, 4) is 0 Å². The number of hydrogen-bond acceptors (Lipinski definition) is 2. The Labute approximate surface area is 123 Å². The van der Waals surface area contributed by atoms with Gasteiger partial charge in [-0.2, -0.15) is 0 Å². The molecule has 0 aliphatic carbocycles. The van der Waals surface area contributed by atoms with Crippen LogP contribution in [0.3, 0.4) is 0 Å². The molecule has 1 aromatic rings. The second kappa shape index (κ2) is 6.60. The van der Waals surface area contributed by atoms with E-state index >= 15 is 0 Å². The van der Waals surface area contributed by atoms with E-state index < -0.39 is 0 Å². The molecule has 1 amide bonds. The minimum atomic E-state index is -0.101. The fourth-order valence-corrected chi connectivity index (χ4v) is 3.13. The van der Waals surface area contributed by atoms with Gasteiger partial charge in [0.05, 0.1) is 15.6 Å². The highest BCUT2D eigenvalue weighted by molar-refractivity contribution is 6.39. The fourth-order valence-electron chi connectivity index (χ4n) is 2.58. The predicted octanol–water partition coefficient (Wildman–Crippen LogP) is 3.37. The van der Waals surface area contributed by atoms with Crippen molar-refractivity contribution in [3.63, 3.8) is 0 Å². The van der Waals surface area contributed by atoms with Crippen LogP contribution in [0.5, 0.6) is 0 Å². The van der Waals surface area contributed by atoms with Gasteiger partial charge >= 0.3 is 0 Å². The first-order valence-corrected chi connectivity index (χ1v) is 7.26. The van der Waals surface area contributed by atoms with Crippen LogP contribution < -0.4 is 0 Å². The van der Waals surface area contributed by atoms with Gasteiger partial charge in [0.1, 0.15) is 0 Å².